The summed E-state index contributed by atoms with van der Waals surface area (Å²) in [7, 11) is 4.34. The fourth-order valence-corrected chi connectivity index (χ4v) is 4.95. The van der Waals surface area contributed by atoms with E-state index in [1.807, 2.05) is 43.1 Å². The minimum atomic E-state index is -0.408. The van der Waals surface area contributed by atoms with Crippen LogP contribution in [0.15, 0.2) is 54.5 Å². The van der Waals surface area contributed by atoms with Crippen LogP contribution in [-0.2, 0) is 14.1 Å². The zero-order valence-electron chi connectivity index (χ0n) is 19.3. The van der Waals surface area contributed by atoms with Crippen LogP contribution in [0.4, 0.5) is 14.6 Å². The third-order valence-corrected chi connectivity index (χ3v) is 6.72. The van der Waals surface area contributed by atoms with Crippen molar-refractivity contribution in [2.24, 2.45) is 14.1 Å². The predicted octanol–water partition coefficient (Wildman–Crippen LogP) is 4.12. The van der Waals surface area contributed by atoms with Gasteiger partial charge in [-0.1, -0.05) is 24.8 Å². The molecular formula is C23H26F2N8S. The Labute approximate surface area is 201 Å². The highest BCUT2D eigenvalue weighted by Gasteiger charge is 2.24. The average Bonchev–Trinajstić information content (AvgIpc) is 3.44. The molecule has 1 aliphatic rings. The van der Waals surface area contributed by atoms with Crippen molar-refractivity contribution in [3.8, 4) is 11.4 Å². The van der Waals surface area contributed by atoms with Crippen LogP contribution in [0.3, 0.4) is 0 Å². The quantitative estimate of drug-likeness (QED) is 0.395. The standard InChI is InChI=1S/C22H23FN8S.CH3F/c1-15(23)17-6-4-5-7-18(17)32-31-10-8-30(9-11-31)22-19-21(24-14-25-22)29(3)20(27-19)16-12-26-28(2)13-16;1-2/h4-7,12-14H,1,8-11H2,2-3H3;1H3. The first-order chi connectivity index (χ1) is 16.5. The summed E-state index contributed by atoms with van der Waals surface area (Å²) in [4.78, 5) is 17.0. The largest absolute Gasteiger partial charge is 0.352 e. The maximum absolute atomic E-state index is 13.8. The molecule has 178 valence electrons. The summed E-state index contributed by atoms with van der Waals surface area (Å²) in [5.41, 5.74) is 3.07. The van der Waals surface area contributed by atoms with Crippen molar-refractivity contribution in [2.45, 2.75) is 4.90 Å². The monoisotopic (exact) mass is 484 g/mol. The molecule has 0 saturated carbocycles. The topological polar surface area (TPSA) is 67.9 Å². The molecule has 0 N–H and O–H groups in total. The van der Waals surface area contributed by atoms with Crippen LogP contribution in [0.1, 0.15) is 5.56 Å². The number of halogens is 2. The summed E-state index contributed by atoms with van der Waals surface area (Å²) in [6.07, 6.45) is 5.33. The first-order valence-electron chi connectivity index (χ1n) is 10.7. The molecule has 4 aromatic rings. The van der Waals surface area contributed by atoms with Crippen LogP contribution in [0.5, 0.6) is 0 Å². The highest BCUT2D eigenvalue weighted by atomic mass is 32.2. The first kappa shape index (κ1) is 23.8. The Morgan fingerprint density at radius 1 is 1.06 bits per heavy atom. The van der Waals surface area contributed by atoms with Crippen molar-refractivity contribution in [1.29, 1.82) is 0 Å². The lowest BCUT2D eigenvalue weighted by atomic mass is 10.2. The number of anilines is 1. The number of hydrogen-bond acceptors (Lipinski definition) is 7. The molecule has 0 spiro atoms. The van der Waals surface area contributed by atoms with E-state index in [1.165, 1.54) is 0 Å². The molecule has 0 amide bonds. The Balaban J connectivity index is 0.00000133. The fraction of sp³-hybridized carbons (Fsp3) is 0.304. The van der Waals surface area contributed by atoms with E-state index in [0.717, 1.165) is 59.4 Å². The minimum absolute atomic E-state index is 0.408. The number of benzene rings is 1. The van der Waals surface area contributed by atoms with Crippen LogP contribution in [0.25, 0.3) is 28.4 Å². The van der Waals surface area contributed by atoms with Gasteiger partial charge >= 0.3 is 0 Å². The van der Waals surface area contributed by atoms with Gasteiger partial charge in [-0.05, 0) is 18.0 Å². The third-order valence-electron chi connectivity index (χ3n) is 5.54. The molecule has 3 aromatic heterocycles. The van der Waals surface area contributed by atoms with E-state index in [2.05, 4.69) is 30.9 Å². The number of aryl methyl sites for hydroxylation is 2. The van der Waals surface area contributed by atoms with Crippen molar-refractivity contribution < 1.29 is 8.78 Å². The zero-order chi connectivity index (χ0) is 24.2. The highest BCUT2D eigenvalue weighted by Crippen LogP contribution is 2.33. The Morgan fingerprint density at radius 3 is 2.47 bits per heavy atom. The summed E-state index contributed by atoms with van der Waals surface area (Å²) in [6, 6.07) is 7.44. The molecule has 0 bridgehead atoms. The van der Waals surface area contributed by atoms with E-state index >= 15 is 0 Å². The fourth-order valence-electron chi connectivity index (χ4n) is 3.91. The third kappa shape index (κ3) is 4.66. The van der Waals surface area contributed by atoms with Crippen molar-refractivity contribution in [2.75, 3.05) is 38.3 Å². The van der Waals surface area contributed by atoms with E-state index in [-0.39, 0.29) is 0 Å². The molecule has 1 aliphatic heterocycles. The van der Waals surface area contributed by atoms with Gasteiger partial charge in [-0.15, -0.1) is 0 Å². The van der Waals surface area contributed by atoms with Crippen LogP contribution in [0.2, 0.25) is 0 Å². The van der Waals surface area contributed by atoms with Crippen LogP contribution < -0.4 is 4.90 Å². The molecule has 0 radical (unpaired) electrons. The van der Waals surface area contributed by atoms with Crippen LogP contribution in [-0.4, -0.2) is 67.0 Å². The van der Waals surface area contributed by atoms with Gasteiger partial charge in [-0.25, -0.2) is 23.6 Å². The molecule has 0 aliphatic carbocycles. The van der Waals surface area contributed by atoms with Gasteiger partial charge in [-0.2, -0.15) is 5.10 Å². The van der Waals surface area contributed by atoms with Crippen molar-refractivity contribution in [1.82, 2.24) is 33.6 Å². The second-order valence-electron chi connectivity index (χ2n) is 7.68. The van der Waals surface area contributed by atoms with E-state index in [9.17, 15) is 8.78 Å². The summed E-state index contributed by atoms with van der Waals surface area (Å²) in [5.74, 6) is 1.24. The van der Waals surface area contributed by atoms with E-state index < -0.39 is 5.83 Å². The predicted molar refractivity (Wildman–Crippen MR) is 132 cm³/mol. The maximum Gasteiger partial charge on any atom is 0.165 e. The highest BCUT2D eigenvalue weighted by molar-refractivity contribution is 7.97. The van der Waals surface area contributed by atoms with E-state index in [4.69, 9.17) is 4.98 Å². The first-order valence-corrected chi connectivity index (χ1v) is 11.4. The Hall–Kier alpha value is -3.31. The second-order valence-corrected chi connectivity index (χ2v) is 8.81. The van der Waals surface area contributed by atoms with Gasteiger partial charge in [0, 0.05) is 56.9 Å². The number of hydrogen-bond donors (Lipinski definition) is 0. The van der Waals surface area contributed by atoms with Gasteiger partial charge in [0.2, 0.25) is 0 Å². The lowest BCUT2D eigenvalue weighted by molar-refractivity contribution is 0.428. The molecule has 8 nitrogen and oxygen atoms in total. The molecule has 0 unspecified atom stereocenters. The SMILES string of the molecule is C=C(F)c1ccccc1SN1CCN(c2ncnc3c2nc(-c2cnn(C)c2)n3C)CC1.CF. The van der Waals surface area contributed by atoms with Gasteiger partial charge in [0.15, 0.2) is 17.0 Å². The van der Waals surface area contributed by atoms with Crippen molar-refractivity contribution in [3.05, 3.63) is 55.1 Å². The Bertz CT molecular complexity index is 1290. The Morgan fingerprint density at radius 2 is 1.79 bits per heavy atom. The molecule has 1 aromatic carbocycles. The molecular weight excluding hydrogens is 458 g/mol. The lowest BCUT2D eigenvalue weighted by Crippen LogP contribution is -2.44. The lowest BCUT2D eigenvalue weighted by Gasteiger charge is -2.34. The van der Waals surface area contributed by atoms with Gasteiger partial charge in [0.05, 0.1) is 18.9 Å². The maximum atomic E-state index is 13.8. The van der Waals surface area contributed by atoms with Gasteiger partial charge < -0.3 is 9.47 Å². The van der Waals surface area contributed by atoms with E-state index in [1.54, 1.807) is 35.2 Å². The molecule has 34 heavy (non-hydrogen) atoms. The van der Waals surface area contributed by atoms with Gasteiger partial charge in [-0.3, -0.25) is 9.07 Å². The molecule has 1 saturated heterocycles. The number of imidazole rings is 1. The van der Waals surface area contributed by atoms with Crippen LogP contribution >= 0.6 is 11.9 Å². The molecule has 0 atom stereocenters. The molecule has 11 heteroatoms. The Kier molecular flexibility index (Phi) is 7.23. The van der Waals surface area contributed by atoms with Gasteiger partial charge in [0.25, 0.3) is 0 Å². The smallest absolute Gasteiger partial charge is 0.165 e. The summed E-state index contributed by atoms with van der Waals surface area (Å²) in [5, 5.41) is 4.26. The van der Waals surface area contributed by atoms with Gasteiger partial charge in [0.1, 0.15) is 18.0 Å². The van der Waals surface area contributed by atoms with Crippen molar-refractivity contribution in [3.63, 3.8) is 0 Å². The van der Waals surface area contributed by atoms with E-state index in [0.29, 0.717) is 12.7 Å². The number of aromatic nitrogens is 6. The minimum Gasteiger partial charge on any atom is -0.352 e. The molecule has 1 fully saturated rings. The number of alkyl halides is 1. The number of fused-ring (bicyclic) bond motifs is 1. The second kappa shape index (κ2) is 10.3. The number of rotatable bonds is 5. The summed E-state index contributed by atoms with van der Waals surface area (Å²) >= 11 is 1.57. The average molecular weight is 485 g/mol. The number of piperazine rings is 1. The zero-order valence-corrected chi connectivity index (χ0v) is 20.1. The summed E-state index contributed by atoms with van der Waals surface area (Å²) in [6.45, 7) is 6.66. The number of nitrogens with zero attached hydrogens (tertiary/aromatic N) is 8. The van der Waals surface area contributed by atoms with Crippen molar-refractivity contribution >= 4 is 34.8 Å². The molecule has 4 heterocycles. The van der Waals surface area contributed by atoms with Crippen LogP contribution in [0, 0.1) is 0 Å². The normalized spacial score (nSPS) is 14.2. The summed E-state index contributed by atoms with van der Waals surface area (Å²) < 4.78 is 29.3. The molecule has 5 rings (SSSR count).